The van der Waals surface area contributed by atoms with E-state index >= 15 is 0 Å². The number of carbonyl (C=O) groups is 4. The van der Waals surface area contributed by atoms with Crippen LogP contribution >= 0.6 is 15.9 Å². The molecule has 0 spiro atoms. The molecule has 0 atom stereocenters. The Labute approximate surface area is 173 Å². The van der Waals surface area contributed by atoms with Crippen molar-refractivity contribution in [2.75, 3.05) is 6.54 Å². The smallest absolute Gasteiger partial charge is 0.282 e. The van der Waals surface area contributed by atoms with Gasteiger partial charge in [-0.25, -0.2) is 5.01 Å². The van der Waals surface area contributed by atoms with E-state index in [-0.39, 0.29) is 24.0 Å². The fourth-order valence-electron chi connectivity index (χ4n) is 2.88. The molecule has 1 aliphatic rings. The number of ketones is 1. The topological polar surface area (TPSA) is 118 Å². The van der Waals surface area contributed by atoms with Crippen LogP contribution in [0.1, 0.15) is 33.6 Å². The number of nitro groups is 1. The van der Waals surface area contributed by atoms with Gasteiger partial charge >= 0.3 is 0 Å². The van der Waals surface area contributed by atoms with E-state index in [9.17, 15) is 29.3 Å². The molecule has 0 saturated carbocycles. The van der Waals surface area contributed by atoms with E-state index in [1.165, 1.54) is 30.3 Å². The molecule has 9 nitrogen and oxygen atoms in total. The number of hydrazine groups is 1. The lowest BCUT2D eigenvalue weighted by molar-refractivity contribution is -0.385. The molecule has 2 aromatic rings. The number of imide groups is 1. The van der Waals surface area contributed by atoms with E-state index in [1.807, 2.05) is 0 Å². The molecule has 148 valence electrons. The summed E-state index contributed by atoms with van der Waals surface area (Å²) in [6, 6.07) is 11.5. The third-order valence-electron chi connectivity index (χ3n) is 4.29. The zero-order chi connectivity index (χ0) is 21.1. The fraction of sp³-hybridized carbons (Fsp3) is 0.158. The van der Waals surface area contributed by atoms with Crippen LogP contribution in [0.4, 0.5) is 5.69 Å². The number of carbonyl (C=O) groups excluding carboxylic acids is 4. The number of hydrogen-bond donors (Lipinski definition) is 0. The molecule has 1 fully saturated rings. The summed E-state index contributed by atoms with van der Waals surface area (Å²) in [4.78, 5) is 60.7. The van der Waals surface area contributed by atoms with E-state index in [4.69, 9.17) is 0 Å². The number of benzene rings is 2. The average molecular weight is 460 g/mol. The van der Waals surface area contributed by atoms with Gasteiger partial charge in [0.1, 0.15) is 12.1 Å². The predicted octanol–water partition coefficient (Wildman–Crippen LogP) is 2.75. The molecule has 3 rings (SSSR count). The van der Waals surface area contributed by atoms with Gasteiger partial charge in [-0.15, -0.1) is 0 Å². The first-order valence-corrected chi connectivity index (χ1v) is 9.28. The molecule has 1 aliphatic heterocycles. The molecular weight excluding hydrogens is 446 g/mol. The van der Waals surface area contributed by atoms with Crippen molar-refractivity contribution in [1.29, 1.82) is 0 Å². The van der Waals surface area contributed by atoms with Gasteiger partial charge in [0.05, 0.1) is 4.92 Å². The van der Waals surface area contributed by atoms with Crippen LogP contribution in [-0.2, 0) is 9.59 Å². The monoisotopic (exact) mass is 459 g/mol. The lowest BCUT2D eigenvalue weighted by atomic mass is 10.1. The Morgan fingerprint density at radius 1 is 1.03 bits per heavy atom. The van der Waals surface area contributed by atoms with Gasteiger partial charge in [-0.05, 0) is 18.2 Å². The molecule has 10 heteroatoms. The minimum Gasteiger partial charge on any atom is -0.292 e. The highest BCUT2D eigenvalue weighted by Gasteiger charge is 2.39. The Bertz CT molecular complexity index is 1000. The second-order valence-electron chi connectivity index (χ2n) is 6.17. The highest BCUT2D eigenvalue weighted by molar-refractivity contribution is 9.10. The van der Waals surface area contributed by atoms with Crippen LogP contribution in [0.2, 0.25) is 0 Å². The van der Waals surface area contributed by atoms with Gasteiger partial charge in [0.25, 0.3) is 11.6 Å². The van der Waals surface area contributed by atoms with Crippen molar-refractivity contribution in [3.05, 3.63) is 74.2 Å². The summed E-state index contributed by atoms with van der Waals surface area (Å²) in [7, 11) is 0. The molecule has 1 heterocycles. The highest BCUT2D eigenvalue weighted by atomic mass is 79.9. The Balaban J connectivity index is 2.00. The number of amides is 3. The number of para-hydroxylation sites is 1. The molecule has 0 aliphatic carbocycles. The van der Waals surface area contributed by atoms with Crippen LogP contribution in [0, 0.1) is 10.1 Å². The Morgan fingerprint density at radius 3 is 2.21 bits per heavy atom. The number of rotatable bonds is 6. The Kier molecular flexibility index (Phi) is 5.83. The summed E-state index contributed by atoms with van der Waals surface area (Å²) in [5.74, 6) is -2.81. The summed E-state index contributed by atoms with van der Waals surface area (Å²) in [6.45, 7) is -0.621. The maximum atomic E-state index is 13.1. The molecule has 0 radical (unpaired) electrons. The van der Waals surface area contributed by atoms with Crippen molar-refractivity contribution >= 4 is 45.1 Å². The number of hydrogen-bond acceptors (Lipinski definition) is 6. The van der Waals surface area contributed by atoms with Crippen LogP contribution < -0.4 is 0 Å². The largest absolute Gasteiger partial charge is 0.292 e. The minimum absolute atomic E-state index is 0.105. The van der Waals surface area contributed by atoms with Crippen LogP contribution in [0.15, 0.2) is 53.0 Å². The Hall–Kier alpha value is -3.40. The average Bonchev–Trinajstić information content (AvgIpc) is 3.04. The van der Waals surface area contributed by atoms with E-state index in [0.29, 0.717) is 10.0 Å². The molecule has 29 heavy (non-hydrogen) atoms. The van der Waals surface area contributed by atoms with Gasteiger partial charge in [-0.3, -0.25) is 29.3 Å². The minimum atomic E-state index is -0.980. The van der Waals surface area contributed by atoms with Crippen molar-refractivity contribution in [2.24, 2.45) is 0 Å². The normalized spacial score (nSPS) is 13.5. The lowest BCUT2D eigenvalue weighted by Crippen LogP contribution is -2.51. The number of Topliss-reactive ketones (excluding diaryl/α,β-unsaturated/α-hetero) is 1. The maximum absolute atomic E-state index is 13.1. The summed E-state index contributed by atoms with van der Waals surface area (Å²) in [6.07, 6.45) is -0.210. The van der Waals surface area contributed by atoms with Gasteiger partial charge in [0, 0.05) is 28.9 Å². The summed E-state index contributed by atoms with van der Waals surface area (Å²) >= 11 is 3.25. The fourth-order valence-corrected chi connectivity index (χ4v) is 3.15. The van der Waals surface area contributed by atoms with Crippen LogP contribution in [0.5, 0.6) is 0 Å². The number of nitrogens with zero attached hydrogens (tertiary/aromatic N) is 3. The molecule has 3 amide bonds. The van der Waals surface area contributed by atoms with E-state index < -0.39 is 40.7 Å². The van der Waals surface area contributed by atoms with Gasteiger partial charge in [0.2, 0.25) is 11.8 Å². The molecule has 0 bridgehead atoms. The zero-order valence-corrected chi connectivity index (χ0v) is 16.5. The predicted molar refractivity (Wildman–Crippen MR) is 104 cm³/mol. The second-order valence-corrected chi connectivity index (χ2v) is 7.08. The lowest BCUT2D eigenvalue weighted by Gasteiger charge is -2.29. The van der Waals surface area contributed by atoms with Gasteiger partial charge in [-0.2, -0.15) is 5.01 Å². The SMILES string of the molecule is O=C(CN(C(=O)c1ccccc1[N+](=O)[O-])N1C(=O)CCC1=O)c1ccc(Br)cc1. The van der Waals surface area contributed by atoms with Crippen molar-refractivity contribution < 1.29 is 24.1 Å². The summed E-state index contributed by atoms with van der Waals surface area (Å²) in [5.41, 5.74) is -0.557. The van der Waals surface area contributed by atoms with Crippen LogP contribution in [0.25, 0.3) is 0 Å². The standard InChI is InChI=1S/C19H14BrN3O6/c20-13-7-5-12(6-8-13)16(24)11-21(22-17(25)9-10-18(22)26)19(27)14-3-1-2-4-15(14)23(28)29/h1-8H,9-11H2. The van der Waals surface area contributed by atoms with Crippen molar-refractivity contribution in [3.8, 4) is 0 Å². The summed E-state index contributed by atoms with van der Waals surface area (Å²) in [5, 5.41) is 12.6. The molecule has 2 aromatic carbocycles. The molecule has 0 unspecified atom stereocenters. The first-order chi connectivity index (χ1) is 13.8. The molecule has 0 aromatic heterocycles. The highest BCUT2D eigenvalue weighted by Crippen LogP contribution is 2.24. The number of nitro benzene ring substituents is 1. The quantitative estimate of drug-likeness (QED) is 0.283. The van der Waals surface area contributed by atoms with Crippen molar-refractivity contribution in [3.63, 3.8) is 0 Å². The van der Waals surface area contributed by atoms with E-state index in [0.717, 1.165) is 10.5 Å². The van der Waals surface area contributed by atoms with Gasteiger partial charge in [0.15, 0.2) is 5.78 Å². The second kappa shape index (κ2) is 8.31. The first-order valence-electron chi connectivity index (χ1n) is 8.49. The number of halogens is 1. The summed E-state index contributed by atoms with van der Waals surface area (Å²) < 4.78 is 0.742. The van der Waals surface area contributed by atoms with Crippen molar-refractivity contribution in [1.82, 2.24) is 10.0 Å². The van der Waals surface area contributed by atoms with Crippen LogP contribution in [-0.4, -0.2) is 45.0 Å². The maximum Gasteiger partial charge on any atom is 0.282 e. The van der Waals surface area contributed by atoms with Gasteiger partial charge < -0.3 is 0 Å². The zero-order valence-electron chi connectivity index (χ0n) is 14.9. The third kappa shape index (κ3) is 4.21. The van der Waals surface area contributed by atoms with E-state index in [2.05, 4.69) is 15.9 Å². The van der Waals surface area contributed by atoms with Gasteiger partial charge in [-0.1, -0.05) is 40.2 Å². The van der Waals surface area contributed by atoms with Crippen LogP contribution in [0.3, 0.4) is 0 Å². The van der Waals surface area contributed by atoms with Crippen molar-refractivity contribution in [2.45, 2.75) is 12.8 Å². The molecular formula is C19H14BrN3O6. The van der Waals surface area contributed by atoms with E-state index in [1.54, 1.807) is 12.1 Å². The Morgan fingerprint density at radius 2 is 1.62 bits per heavy atom. The molecule has 0 N–H and O–H groups in total. The third-order valence-corrected chi connectivity index (χ3v) is 4.82. The first kappa shape index (κ1) is 20.3. The molecule has 1 saturated heterocycles.